The van der Waals surface area contributed by atoms with Gasteiger partial charge in [0.2, 0.25) is 5.88 Å². The van der Waals surface area contributed by atoms with Crippen LogP contribution in [0.1, 0.15) is 50.7 Å². The third-order valence-corrected chi connectivity index (χ3v) is 4.44. The molecule has 0 spiro atoms. The highest BCUT2D eigenvalue weighted by molar-refractivity contribution is 6.11. The Balaban J connectivity index is 2.17. The van der Waals surface area contributed by atoms with E-state index in [2.05, 4.69) is 10.1 Å². The molecule has 0 unspecified atom stereocenters. The largest absolute Gasteiger partial charge is 0.462 e. The summed E-state index contributed by atoms with van der Waals surface area (Å²) < 4.78 is 20.0. The van der Waals surface area contributed by atoms with Crippen LogP contribution in [0.2, 0.25) is 0 Å². The zero-order valence-corrected chi connectivity index (χ0v) is 18.8. The highest BCUT2D eigenvalue weighted by Gasteiger charge is 2.29. The summed E-state index contributed by atoms with van der Waals surface area (Å²) in [6.45, 7) is 3.61. The number of nitrogens with zero attached hydrogens (tertiary/aromatic N) is 1. The van der Waals surface area contributed by atoms with Gasteiger partial charge in [0.1, 0.15) is 11.3 Å². The number of carbonyl (C=O) groups is 5. The number of ketones is 1. The smallest absolute Gasteiger partial charge is 0.413 e. The second-order valence-electron chi connectivity index (χ2n) is 6.68. The fourth-order valence-electron chi connectivity index (χ4n) is 3.00. The quantitative estimate of drug-likeness (QED) is 0.357. The predicted molar refractivity (Wildman–Crippen MR) is 116 cm³/mol. The Bertz CT molecular complexity index is 1090. The molecule has 176 valence electrons. The van der Waals surface area contributed by atoms with Crippen molar-refractivity contribution in [2.45, 2.75) is 20.8 Å². The highest BCUT2D eigenvalue weighted by atomic mass is 16.5. The van der Waals surface area contributed by atoms with Gasteiger partial charge in [-0.25, -0.2) is 14.4 Å². The molecule has 0 aliphatic carbocycles. The Morgan fingerprint density at radius 3 is 2.30 bits per heavy atom. The van der Waals surface area contributed by atoms with E-state index >= 15 is 0 Å². The van der Waals surface area contributed by atoms with Crippen molar-refractivity contribution in [3.05, 3.63) is 46.7 Å². The summed E-state index contributed by atoms with van der Waals surface area (Å²) in [5, 5.41) is 2.32. The van der Waals surface area contributed by atoms with Crippen molar-refractivity contribution in [2.24, 2.45) is 0 Å². The van der Waals surface area contributed by atoms with Crippen LogP contribution in [0.4, 0.5) is 16.4 Å². The summed E-state index contributed by atoms with van der Waals surface area (Å²) in [4.78, 5) is 62.0. The molecule has 2 rings (SSSR count). The summed E-state index contributed by atoms with van der Waals surface area (Å²) >= 11 is 0. The fraction of sp³-hybridized carbons (Fsp3) is 0.318. The Morgan fingerprint density at radius 1 is 1.03 bits per heavy atom. The first kappa shape index (κ1) is 25.1. The Labute approximate surface area is 189 Å². The van der Waals surface area contributed by atoms with Crippen LogP contribution in [0, 0.1) is 6.92 Å². The van der Waals surface area contributed by atoms with Crippen molar-refractivity contribution < 1.29 is 42.6 Å². The number of anilines is 2. The molecule has 0 aliphatic rings. The van der Waals surface area contributed by atoms with Gasteiger partial charge in [0.25, 0.3) is 5.91 Å². The van der Waals surface area contributed by atoms with Crippen LogP contribution < -0.4 is 10.2 Å². The van der Waals surface area contributed by atoms with Crippen molar-refractivity contribution in [1.29, 1.82) is 0 Å². The number of benzene rings is 1. The topological polar surface area (TPSA) is 141 Å². The van der Waals surface area contributed by atoms with Crippen LogP contribution in [-0.2, 0) is 19.0 Å². The lowest BCUT2D eigenvalue weighted by atomic mass is 10.1. The third-order valence-electron chi connectivity index (χ3n) is 4.44. The number of ether oxygens (including phenoxy) is 3. The minimum absolute atomic E-state index is 0.0134. The van der Waals surface area contributed by atoms with Gasteiger partial charge >= 0.3 is 18.0 Å². The molecular formula is C22H24N2O9. The average Bonchev–Trinajstić information content (AvgIpc) is 3.12. The summed E-state index contributed by atoms with van der Waals surface area (Å²) in [5.41, 5.74) is 0.0114. The molecule has 0 aliphatic heterocycles. The molecule has 2 aromatic rings. The van der Waals surface area contributed by atoms with Gasteiger partial charge in [-0.2, -0.15) is 0 Å². The van der Waals surface area contributed by atoms with Crippen LogP contribution in [0.15, 0.2) is 28.7 Å². The second-order valence-corrected chi connectivity index (χ2v) is 6.68. The van der Waals surface area contributed by atoms with E-state index in [-0.39, 0.29) is 40.6 Å². The third kappa shape index (κ3) is 5.76. The van der Waals surface area contributed by atoms with E-state index in [1.165, 1.54) is 40.1 Å². The standard InChI is InChI=1S/C22H24N2O9/c1-6-31-21(28)18-17(12(2)25)13(3)33-19(18)23-16(26)11-32-20(27)14-9-7-8-10-15(14)24(4)22(29)30-5/h7-10H,6,11H2,1-5H3,(H,23,26). The molecule has 0 saturated carbocycles. The van der Waals surface area contributed by atoms with Gasteiger partial charge in [-0.3, -0.25) is 19.8 Å². The first-order valence-corrected chi connectivity index (χ1v) is 9.81. The van der Waals surface area contributed by atoms with E-state index in [4.69, 9.17) is 13.9 Å². The Hall–Kier alpha value is -4.15. The molecule has 0 saturated heterocycles. The summed E-state index contributed by atoms with van der Waals surface area (Å²) in [6, 6.07) is 6.10. The molecule has 0 bridgehead atoms. The number of Topliss-reactive ketones (excluding diaryl/α,β-unsaturated/α-hetero) is 1. The minimum Gasteiger partial charge on any atom is -0.462 e. The van der Waals surface area contributed by atoms with Crippen molar-refractivity contribution >= 4 is 41.3 Å². The number of carbonyl (C=O) groups excluding carboxylic acids is 5. The molecule has 1 heterocycles. The van der Waals surface area contributed by atoms with E-state index in [1.54, 1.807) is 19.1 Å². The van der Waals surface area contributed by atoms with Crippen molar-refractivity contribution in [2.75, 3.05) is 37.6 Å². The van der Waals surface area contributed by atoms with Crippen LogP contribution in [0.5, 0.6) is 0 Å². The Kier molecular flexibility index (Phi) is 8.32. The van der Waals surface area contributed by atoms with Crippen molar-refractivity contribution in [3.8, 4) is 0 Å². The SMILES string of the molecule is CCOC(=O)c1c(NC(=O)COC(=O)c2ccccc2N(C)C(=O)OC)oc(C)c1C(C)=O. The van der Waals surface area contributed by atoms with Crippen LogP contribution in [0.25, 0.3) is 0 Å². The molecule has 2 amide bonds. The number of hydrogen-bond acceptors (Lipinski definition) is 9. The molecule has 0 atom stereocenters. The van der Waals surface area contributed by atoms with Gasteiger partial charge in [0.05, 0.1) is 30.5 Å². The van der Waals surface area contributed by atoms with Gasteiger partial charge in [-0.1, -0.05) is 12.1 Å². The van der Waals surface area contributed by atoms with Crippen LogP contribution in [-0.4, -0.2) is 57.1 Å². The number of nitrogens with one attached hydrogen (secondary N) is 1. The van der Waals surface area contributed by atoms with Crippen LogP contribution >= 0.6 is 0 Å². The van der Waals surface area contributed by atoms with E-state index < -0.39 is 36.3 Å². The highest BCUT2D eigenvalue weighted by Crippen LogP contribution is 2.28. The number of amides is 2. The molecule has 1 aromatic carbocycles. The van der Waals surface area contributed by atoms with Gasteiger partial charge < -0.3 is 18.6 Å². The van der Waals surface area contributed by atoms with E-state index in [1.807, 2.05) is 0 Å². The van der Waals surface area contributed by atoms with Gasteiger partial charge in [-0.15, -0.1) is 0 Å². The molecule has 0 fully saturated rings. The lowest BCUT2D eigenvalue weighted by Crippen LogP contribution is -2.28. The number of para-hydroxylation sites is 1. The minimum atomic E-state index is -0.873. The fourth-order valence-corrected chi connectivity index (χ4v) is 3.00. The molecule has 1 aromatic heterocycles. The molecular weight excluding hydrogens is 436 g/mol. The lowest BCUT2D eigenvalue weighted by molar-refractivity contribution is -0.119. The predicted octanol–water partition coefficient (Wildman–Crippen LogP) is 2.97. The van der Waals surface area contributed by atoms with Gasteiger partial charge in [0, 0.05) is 7.05 Å². The van der Waals surface area contributed by atoms with Crippen molar-refractivity contribution in [1.82, 2.24) is 0 Å². The maximum absolute atomic E-state index is 12.5. The first-order chi connectivity index (χ1) is 15.6. The molecule has 0 radical (unpaired) electrons. The van der Waals surface area contributed by atoms with Gasteiger partial charge in [0.15, 0.2) is 12.4 Å². The number of methoxy groups -OCH3 is 1. The van der Waals surface area contributed by atoms with E-state index in [9.17, 15) is 24.0 Å². The average molecular weight is 460 g/mol. The summed E-state index contributed by atoms with van der Waals surface area (Å²) in [7, 11) is 2.61. The number of aryl methyl sites for hydroxylation is 1. The summed E-state index contributed by atoms with van der Waals surface area (Å²) in [6.07, 6.45) is -0.700. The number of furan rings is 1. The molecule has 1 N–H and O–H groups in total. The zero-order chi connectivity index (χ0) is 24.7. The van der Waals surface area contributed by atoms with Crippen LogP contribution in [0.3, 0.4) is 0 Å². The van der Waals surface area contributed by atoms with Crippen molar-refractivity contribution in [3.63, 3.8) is 0 Å². The maximum Gasteiger partial charge on any atom is 0.413 e. The Morgan fingerprint density at radius 2 is 1.70 bits per heavy atom. The first-order valence-electron chi connectivity index (χ1n) is 9.81. The number of rotatable bonds is 8. The van der Waals surface area contributed by atoms with Gasteiger partial charge in [-0.05, 0) is 32.9 Å². The zero-order valence-electron chi connectivity index (χ0n) is 18.8. The van der Waals surface area contributed by atoms with E-state index in [0.717, 1.165) is 4.90 Å². The number of esters is 2. The monoisotopic (exact) mass is 460 g/mol. The van der Waals surface area contributed by atoms with E-state index in [0.29, 0.717) is 0 Å². The molecule has 11 heteroatoms. The molecule has 11 nitrogen and oxygen atoms in total. The number of hydrogen-bond donors (Lipinski definition) is 1. The second kappa shape index (κ2) is 10.9. The maximum atomic E-state index is 12.5. The molecule has 33 heavy (non-hydrogen) atoms. The lowest BCUT2D eigenvalue weighted by Gasteiger charge is -2.18. The summed E-state index contributed by atoms with van der Waals surface area (Å²) in [5.74, 6) is -3.15. The normalized spacial score (nSPS) is 10.2.